The first-order chi connectivity index (χ1) is 5.25. The first kappa shape index (κ1) is 7.53. The van der Waals surface area contributed by atoms with E-state index in [1.54, 1.807) is 19.1 Å². The highest BCUT2D eigenvalue weighted by atomic mass is 16.4. The highest BCUT2D eigenvalue weighted by Crippen LogP contribution is 1.98. The Morgan fingerprint density at radius 1 is 1.82 bits per heavy atom. The van der Waals surface area contributed by atoms with Gasteiger partial charge in [0.05, 0.1) is 0 Å². The van der Waals surface area contributed by atoms with Crippen LogP contribution in [-0.2, 0) is 0 Å². The second-order valence-electron chi connectivity index (χ2n) is 1.94. The monoisotopic (exact) mass is 152 g/mol. The number of hydrogen-bond donors (Lipinski definition) is 1. The van der Waals surface area contributed by atoms with Gasteiger partial charge in [0.25, 0.3) is 0 Å². The summed E-state index contributed by atoms with van der Waals surface area (Å²) in [4.78, 5) is 14.3. The molecule has 0 amide bonds. The summed E-state index contributed by atoms with van der Waals surface area (Å²) < 4.78 is 1.06. The van der Waals surface area contributed by atoms with Crippen molar-refractivity contribution in [3.05, 3.63) is 24.3 Å². The molecule has 0 saturated heterocycles. The van der Waals surface area contributed by atoms with Gasteiger partial charge < -0.3 is 5.11 Å². The van der Waals surface area contributed by atoms with Crippen LogP contribution in [0.25, 0.3) is 6.08 Å². The fourth-order valence-corrected chi connectivity index (χ4v) is 0.749. The maximum atomic E-state index is 10.4. The van der Waals surface area contributed by atoms with Crippen molar-refractivity contribution in [2.45, 2.75) is 6.92 Å². The number of hydrogen-bond acceptors (Lipinski definition) is 2. The van der Waals surface area contributed by atoms with E-state index in [1.807, 2.05) is 0 Å². The van der Waals surface area contributed by atoms with E-state index in [2.05, 4.69) is 4.98 Å². The number of carbonyl (C=O) groups is 1. The van der Waals surface area contributed by atoms with Gasteiger partial charge in [0.1, 0.15) is 5.82 Å². The first-order valence-electron chi connectivity index (χ1n) is 3.15. The summed E-state index contributed by atoms with van der Waals surface area (Å²) in [7, 11) is 0. The molecule has 0 radical (unpaired) electrons. The van der Waals surface area contributed by atoms with Crippen LogP contribution in [0.3, 0.4) is 0 Å². The Morgan fingerprint density at radius 2 is 2.55 bits per heavy atom. The van der Waals surface area contributed by atoms with Gasteiger partial charge in [0, 0.05) is 12.4 Å². The Labute approximate surface area is 63.8 Å². The third-order valence-corrected chi connectivity index (χ3v) is 1.19. The zero-order chi connectivity index (χ0) is 8.27. The van der Waals surface area contributed by atoms with Crippen molar-refractivity contribution < 1.29 is 9.90 Å². The van der Waals surface area contributed by atoms with Crippen LogP contribution in [-0.4, -0.2) is 20.8 Å². The molecule has 0 saturated carbocycles. The summed E-state index contributed by atoms with van der Waals surface area (Å²) in [6, 6.07) is 0. The van der Waals surface area contributed by atoms with E-state index >= 15 is 0 Å². The largest absolute Gasteiger partial charge is 0.464 e. The normalized spacial score (nSPS) is 10.6. The number of rotatable bonds is 1. The van der Waals surface area contributed by atoms with Gasteiger partial charge in [-0.15, -0.1) is 0 Å². The third kappa shape index (κ3) is 1.46. The predicted molar refractivity (Wildman–Crippen MR) is 40.4 cm³/mol. The minimum atomic E-state index is -1.02. The lowest BCUT2D eigenvalue weighted by atomic mass is 10.5. The van der Waals surface area contributed by atoms with Crippen LogP contribution in [0.1, 0.15) is 12.7 Å². The number of aromatic nitrogens is 2. The SMILES string of the molecule is CC=Cc1nccn1C(=O)O. The molecular formula is C7H8N2O2. The van der Waals surface area contributed by atoms with Crippen molar-refractivity contribution in [1.29, 1.82) is 0 Å². The molecule has 1 aromatic heterocycles. The van der Waals surface area contributed by atoms with Gasteiger partial charge in [-0.05, 0) is 13.0 Å². The summed E-state index contributed by atoms with van der Waals surface area (Å²) in [6.45, 7) is 1.81. The van der Waals surface area contributed by atoms with Crippen LogP contribution in [0.2, 0.25) is 0 Å². The molecule has 0 aliphatic carbocycles. The molecule has 0 aliphatic rings. The molecule has 58 valence electrons. The predicted octanol–water partition coefficient (Wildman–Crippen LogP) is 1.44. The maximum absolute atomic E-state index is 10.4. The smallest absolute Gasteiger partial charge is 0.417 e. The van der Waals surface area contributed by atoms with E-state index in [1.165, 1.54) is 12.4 Å². The highest BCUT2D eigenvalue weighted by molar-refractivity contribution is 5.71. The zero-order valence-corrected chi connectivity index (χ0v) is 6.06. The fraction of sp³-hybridized carbons (Fsp3) is 0.143. The van der Waals surface area contributed by atoms with Gasteiger partial charge >= 0.3 is 6.09 Å². The first-order valence-corrected chi connectivity index (χ1v) is 3.15. The molecule has 11 heavy (non-hydrogen) atoms. The highest BCUT2D eigenvalue weighted by Gasteiger charge is 2.03. The molecule has 1 N–H and O–H groups in total. The molecular weight excluding hydrogens is 144 g/mol. The van der Waals surface area contributed by atoms with Crippen LogP contribution in [0.15, 0.2) is 18.5 Å². The molecule has 1 aromatic rings. The summed E-state index contributed by atoms with van der Waals surface area (Å²) in [5.74, 6) is 0.431. The quantitative estimate of drug-likeness (QED) is 0.662. The van der Waals surface area contributed by atoms with Gasteiger partial charge in [-0.1, -0.05) is 6.08 Å². The Hall–Kier alpha value is -1.58. The van der Waals surface area contributed by atoms with E-state index < -0.39 is 6.09 Å². The molecule has 0 atom stereocenters. The van der Waals surface area contributed by atoms with Crippen molar-refractivity contribution in [2.75, 3.05) is 0 Å². The number of imidazole rings is 1. The molecule has 0 spiro atoms. The molecule has 0 aromatic carbocycles. The van der Waals surface area contributed by atoms with Crippen LogP contribution in [0.4, 0.5) is 4.79 Å². The van der Waals surface area contributed by atoms with Crippen molar-refractivity contribution in [3.63, 3.8) is 0 Å². The van der Waals surface area contributed by atoms with Gasteiger partial charge in [0.15, 0.2) is 0 Å². The minimum Gasteiger partial charge on any atom is -0.464 e. The van der Waals surface area contributed by atoms with Gasteiger partial charge in [-0.2, -0.15) is 0 Å². The van der Waals surface area contributed by atoms with Crippen molar-refractivity contribution in [2.24, 2.45) is 0 Å². The van der Waals surface area contributed by atoms with E-state index in [9.17, 15) is 4.79 Å². The van der Waals surface area contributed by atoms with E-state index in [0.29, 0.717) is 5.82 Å². The Balaban J connectivity index is 3.05. The Bertz CT molecular complexity index is 288. The van der Waals surface area contributed by atoms with Gasteiger partial charge in [-0.25, -0.2) is 14.3 Å². The van der Waals surface area contributed by atoms with Crippen molar-refractivity contribution >= 4 is 12.2 Å². The molecule has 0 unspecified atom stereocenters. The van der Waals surface area contributed by atoms with Gasteiger partial charge in [0.2, 0.25) is 0 Å². The number of allylic oxidation sites excluding steroid dienone is 1. The number of nitrogens with zero attached hydrogens (tertiary/aromatic N) is 2. The second kappa shape index (κ2) is 3.01. The van der Waals surface area contributed by atoms with E-state index in [4.69, 9.17) is 5.11 Å². The summed E-state index contributed by atoms with van der Waals surface area (Å²) in [5.41, 5.74) is 0. The average Bonchev–Trinajstić information content (AvgIpc) is 2.36. The maximum Gasteiger partial charge on any atom is 0.417 e. The Kier molecular flexibility index (Phi) is 2.06. The summed E-state index contributed by atoms with van der Waals surface area (Å²) in [5, 5.41) is 8.57. The Morgan fingerprint density at radius 3 is 3.09 bits per heavy atom. The average molecular weight is 152 g/mol. The van der Waals surface area contributed by atoms with Crippen LogP contribution < -0.4 is 0 Å². The molecule has 0 bridgehead atoms. The van der Waals surface area contributed by atoms with Crippen LogP contribution >= 0.6 is 0 Å². The molecule has 0 aliphatic heterocycles. The second-order valence-corrected chi connectivity index (χ2v) is 1.94. The molecule has 1 heterocycles. The number of carboxylic acid groups (broad SMARTS) is 1. The molecule has 4 nitrogen and oxygen atoms in total. The summed E-state index contributed by atoms with van der Waals surface area (Å²) in [6.07, 6.45) is 5.20. The summed E-state index contributed by atoms with van der Waals surface area (Å²) >= 11 is 0. The zero-order valence-electron chi connectivity index (χ0n) is 6.06. The minimum absolute atomic E-state index is 0.431. The van der Waals surface area contributed by atoms with Crippen molar-refractivity contribution in [1.82, 2.24) is 9.55 Å². The van der Waals surface area contributed by atoms with Gasteiger partial charge in [-0.3, -0.25) is 0 Å². The van der Waals surface area contributed by atoms with Crippen LogP contribution in [0, 0.1) is 0 Å². The lowest BCUT2D eigenvalue weighted by Gasteiger charge is -1.94. The van der Waals surface area contributed by atoms with E-state index in [0.717, 1.165) is 4.57 Å². The van der Waals surface area contributed by atoms with E-state index in [-0.39, 0.29) is 0 Å². The topological polar surface area (TPSA) is 55.1 Å². The fourth-order valence-electron chi connectivity index (χ4n) is 0.749. The third-order valence-electron chi connectivity index (χ3n) is 1.19. The molecule has 0 fully saturated rings. The lowest BCUT2D eigenvalue weighted by Crippen LogP contribution is -2.08. The lowest BCUT2D eigenvalue weighted by molar-refractivity contribution is 0.196. The van der Waals surface area contributed by atoms with Crippen molar-refractivity contribution in [3.8, 4) is 0 Å². The molecule has 4 heteroatoms. The molecule has 1 rings (SSSR count). The van der Waals surface area contributed by atoms with Crippen LogP contribution in [0.5, 0.6) is 0 Å². The standard InChI is InChI=1S/C7H8N2O2/c1-2-3-6-8-4-5-9(6)7(10)11/h2-5H,1H3,(H,10,11).